The van der Waals surface area contributed by atoms with Crippen LogP contribution >= 0.6 is 15.9 Å². The molecule has 0 spiro atoms. The molecule has 1 heterocycles. The lowest BCUT2D eigenvalue weighted by atomic mass is 10.1. The zero-order valence-electron chi connectivity index (χ0n) is 19.2. The summed E-state index contributed by atoms with van der Waals surface area (Å²) in [6.45, 7) is 4.13. The quantitative estimate of drug-likeness (QED) is 0.156. The monoisotopic (exact) mass is 534 g/mol. The maximum atomic E-state index is 13.4. The molecule has 0 radical (unpaired) electrons. The van der Waals surface area contributed by atoms with Gasteiger partial charge in [-0.2, -0.15) is 9.78 Å². The van der Waals surface area contributed by atoms with Gasteiger partial charge in [-0.05, 0) is 36.2 Å². The van der Waals surface area contributed by atoms with Crippen molar-refractivity contribution in [1.29, 1.82) is 0 Å². The van der Waals surface area contributed by atoms with Crippen molar-refractivity contribution in [2.45, 2.75) is 32.8 Å². The Morgan fingerprint density at radius 3 is 2.66 bits per heavy atom. The molecule has 4 rings (SSSR count). The molecule has 0 aliphatic rings. The number of hydrogen-bond acceptors (Lipinski definition) is 6. The fourth-order valence-corrected chi connectivity index (χ4v) is 3.93. The first kappa shape index (κ1) is 24.3. The van der Waals surface area contributed by atoms with E-state index in [2.05, 4.69) is 21.0 Å². The standard InChI is InChI=1S/C26H23BrN4O4/c1-3-17(2)25-29-22-13-12-20(27)14-21(22)26(32)30(25)28-15-19-10-7-11-23(31(33)34)24(19)35-16-18-8-5-4-6-9-18/h4-15,17H,3,16H2,1-2H3/t17-/m0/s1. The SMILES string of the molecule is CC[C@H](C)c1nc2ccc(Br)cc2c(=O)n1N=Cc1cccc([N+](=O)[O-])c1OCc1ccccc1. The molecule has 35 heavy (non-hydrogen) atoms. The van der Waals surface area contributed by atoms with Gasteiger partial charge in [0.25, 0.3) is 5.56 Å². The third kappa shape index (κ3) is 5.30. The summed E-state index contributed by atoms with van der Waals surface area (Å²) in [7, 11) is 0. The number of nitrogens with zero attached hydrogens (tertiary/aromatic N) is 4. The molecule has 3 aromatic carbocycles. The largest absolute Gasteiger partial charge is 0.481 e. The van der Waals surface area contributed by atoms with E-state index in [0.29, 0.717) is 22.3 Å². The van der Waals surface area contributed by atoms with Gasteiger partial charge in [-0.15, -0.1) is 0 Å². The minimum absolute atomic E-state index is 0.0354. The minimum Gasteiger partial charge on any atom is -0.481 e. The van der Waals surface area contributed by atoms with Gasteiger partial charge >= 0.3 is 5.69 Å². The van der Waals surface area contributed by atoms with E-state index in [-0.39, 0.29) is 29.5 Å². The predicted molar refractivity (Wildman–Crippen MR) is 139 cm³/mol. The second-order valence-electron chi connectivity index (χ2n) is 8.03. The van der Waals surface area contributed by atoms with E-state index in [1.54, 1.807) is 24.3 Å². The third-order valence-electron chi connectivity index (χ3n) is 5.65. The summed E-state index contributed by atoms with van der Waals surface area (Å²) >= 11 is 3.40. The van der Waals surface area contributed by atoms with Crippen molar-refractivity contribution < 1.29 is 9.66 Å². The van der Waals surface area contributed by atoms with Crippen LogP contribution in [0.3, 0.4) is 0 Å². The topological polar surface area (TPSA) is 99.6 Å². The molecule has 8 nitrogen and oxygen atoms in total. The van der Waals surface area contributed by atoms with Crippen molar-refractivity contribution in [2.75, 3.05) is 0 Å². The number of nitro groups is 1. The van der Waals surface area contributed by atoms with Crippen LogP contribution in [0.25, 0.3) is 10.9 Å². The summed E-state index contributed by atoms with van der Waals surface area (Å²) in [5.41, 5.74) is 1.33. The first-order valence-corrected chi connectivity index (χ1v) is 11.9. The van der Waals surface area contributed by atoms with Crippen molar-refractivity contribution in [3.8, 4) is 5.75 Å². The van der Waals surface area contributed by atoms with E-state index >= 15 is 0 Å². The van der Waals surface area contributed by atoms with E-state index in [0.717, 1.165) is 16.5 Å². The maximum absolute atomic E-state index is 13.4. The average molecular weight is 535 g/mol. The number of nitro benzene ring substituents is 1. The van der Waals surface area contributed by atoms with Crippen LogP contribution in [-0.2, 0) is 6.61 Å². The highest BCUT2D eigenvalue weighted by molar-refractivity contribution is 9.10. The molecule has 0 saturated heterocycles. The van der Waals surface area contributed by atoms with Gasteiger partial charge in [-0.3, -0.25) is 14.9 Å². The second kappa shape index (κ2) is 10.6. The van der Waals surface area contributed by atoms with Crippen LogP contribution in [0.15, 0.2) is 81.1 Å². The van der Waals surface area contributed by atoms with Crippen LogP contribution in [0.4, 0.5) is 5.69 Å². The Labute approximate surface area is 210 Å². The van der Waals surface area contributed by atoms with Crippen LogP contribution in [0.2, 0.25) is 0 Å². The highest BCUT2D eigenvalue weighted by Crippen LogP contribution is 2.31. The van der Waals surface area contributed by atoms with Crippen LogP contribution < -0.4 is 10.3 Å². The van der Waals surface area contributed by atoms with Gasteiger partial charge in [0.1, 0.15) is 12.4 Å². The third-order valence-corrected chi connectivity index (χ3v) is 6.14. The van der Waals surface area contributed by atoms with Crippen LogP contribution in [0.1, 0.15) is 43.1 Å². The van der Waals surface area contributed by atoms with E-state index < -0.39 is 4.92 Å². The van der Waals surface area contributed by atoms with Gasteiger partial charge in [0.15, 0.2) is 0 Å². The molecular formula is C26H23BrN4O4. The summed E-state index contributed by atoms with van der Waals surface area (Å²) in [6, 6.07) is 19.3. The molecule has 0 bridgehead atoms. The molecule has 0 saturated carbocycles. The van der Waals surface area contributed by atoms with Crippen LogP contribution in [0.5, 0.6) is 5.75 Å². The molecular weight excluding hydrogens is 512 g/mol. The summed E-state index contributed by atoms with van der Waals surface area (Å²) < 4.78 is 7.90. The summed E-state index contributed by atoms with van der Waals surface area (Å²) in [6.07, 6.45) is 2.17. The molecule has 0 amide bonds. The second-order valence-corrected chi connectivity index (χ2v) is 8.94. The van der Waals surface area contributed by atoms with Crippen molar-refractivity contribution in [1.82, 2.24) is 9.66 Å². The zero-order chi connectivity index (χ0) is 24.9. The molecule has 0 aliphatic heterocycles. The summed E-state index contributed by atoms with van der Waals surface area (Å²) in [5.74, 6) is 0.562. The molecule has 4 aromatic rings. The van der Waals surface area contributed by atoms with E-state index in [1.165, 1.54) is 17.0 Å². The van der Waals surface area contributed by atoms with Crippen molar-refractivity contribution >= 4 is 38.7 Å². The normalized spacial score (nSPS) is 12.2. The Kier molecular flexibility index (Phi) is 7.36. The van der Waals surface area contributed by atoms with E-state index in [9.17, 15) is 14.9 Å². The summed E-state index contributed by atoms with van der Waals surface area (Å²) in [4.78, 5) is 29.2. The minimum atomic E-state index is -0.496. The highest BCUT2D eigenvalue weighted by Gasteiger charge is 2.20. The number of halogens is 1. The Balaban J connectivity index is 1.81. The number of fused-ring (bicyclic) bond motifs is 1. The predicted octanol–water partition coefficient (Wildman–Crippen LogP) is 6.04. The fourth-order valence-electron chi connectivity index (χ4n) is 3.57. The molecule has 0 fully saturated rings. The van der Waals surface area contributed by atoms with Crippen molar-refractivity contribution in [3.63, 3.8) is 0 Å². The maximum Gasteiger partial charge on any atom is 0.311 e. The van der Waals surface area contributed by atoms with Gasteiger partial charge < -0.3 is 4.74 Å². The Bertz CT molecular complexity index is 1470. The molecule has 1 atom stereocenters. The lowest BCUT2D eigenvalue weighted by molar-refractivity contribution is -0.385. The first-order chi connectivity index (χ1) is 16.9. The smallest absolute Gasteiger partial charge is 0.311 e. The van der Waals surface area contributed by atoms with Crippen molar-refractivity contribution in [3.05, 3.63) is 109 Å². The van der Waals surface area contributed by atoms with Gasteiger partial charge in [0.2, 0.25) is 5.75 Å². The number of benzene rings is 3. The number of rotatable bonds is 8. The Hall–Kier alpha value is -3.85. The van der Waals surface area contributed by atoms with Crippen molar-refractivity contribution in [2.24, 2.45) is 5.10 Å². The number of para-hydroxylation sites is 1. The number of hydrogen-bond donors (Lipinski definition) is 0. The molecule has 1 aromatic heterocycles. The first-order valence-electron chi connectivity index (χ1n) is 11.1. The van der Waals surface area contributed by atoms with Gasteiger partial charge in [-0.25, -0.2) is 4.98 Å². The molecule has 0 unspecified atom stereocenters. The van der Waals surface area contributed by atoms with E-state index in [1.807, 2.05) is 50.2 Å². The van der Waals surface area contributed by atoms with Crippen LogP contribution in [0, 0.1) is 10.1 Å². The zero-order valence-corrected chi connectivity index (χ0v) is 20.8. The van der Waals surface area contributed by atoms with Crippen LogP contribution in [-0.4, -0.2) is 20.8 Å². The number of aromatic nitrogens is 2. The lowest BCUT2D eigenvalue weighted by Crippen LogP contribution is -2.23. The Morgan fingerprint density at radius 1 is 1.17 bits per heavy atom. The molecule has 9 heteroatoms. The van der Waals surface area contributed by atoms with Gasteiger partial charge in [0.05, 0.1) is 22.0 Å². The average Bonchev–Trinajstić information content (AvgIpc) is 2.87. The number of ether oxygens (including phenoxy) is 1. The molecule has 178 valence electrons. The van der Waals surface area contributed by atoms with Gasteiger partial charge in [-0.1, -0.05) is 66.2 Å². The Morgan fingerprint density at radius 2 is 1.94 bits per heavy atom. The van der Waals surface area contributed by atoms with E-state index in [4.69, 9.17) is 9.72 Å². The highest BCUT2D eigenvalue weighted by atomic mass is 79.9. The lowest BCUT2D eigenvalue weighted by Gasteiger charge is -2.14. The summed E-state index contributed by atoms with van der Waals surface area (Å²) in [5, 5.41) is 16.5. The fraction of sp³-hybridized carbons (Fsp3) is 0.192. The van der Waals surface area contributed by atoms with Gasteiger partial charge in [0, 0.05) is 22.0 Å². The molecule has 0 N–H and O–H groups in total. The molecule has 0 aliphatic carbocycles.